The van der Waals surface area contributed by atoms with Gasteiger partial charge in [0.25, 0.3) is 0 Å². The molecule has 0 unspecified atom stereocenters. The van der Waals surface area contributed by atoms with Crippen molar-refractivity contribution in [2.45, 2.75) is 0 Å². The molecule has 0 aliphatic heterocycles. The first-order chi connectivity index (χ1) is 29.7. The Kier molecular flexibility index (Phi) is 14.1. The minimum Gasteiger partial charge on any atom is -0.0622 e. The Balaban J connectivity index is 0.000000181. The largest absolute Gasteiger partial charge is 0.0622 e. The minimum atomic E-state index is 0.899. The third kappa shape index (κ3) is 13.1. The number of hydrogen-bond acceptors (Lipinski definition) is 0. The summed E-state index contributed by atoms with van der Waals surface area (Å²) >= 11 is 0. The zero-order valence-electron chi connectivity index (χ0n) is 32.8. The van der Waals surface area contributed by atoms with Crippen molar-refractivity contribution < 1.29 is 0 Å². The van der Waals surface area contributed by atoms with Crippen LogP contribution in [0.15, 0.2) is 218 Å². The van der Waals surface area contributed by atoms with E-state index in [2.05, 4.69) is 71.0 Å². The van der Waals surface area contributed by atoms with Crippen LogP contribution in [0, 0.1) is 71.0 Å². The lowest BCUT2D eigenvalue weighted by Crippen LogP contribution is -1.85. The zero-order chi connectivity index (χ0) is 40.9. The molecule has 60 heavy (non-hydrogen) atoms. The van der Waals surface area contributed by atoms with Crippen LogP contribution in [0.5, 0.6) is 0 Å². The van der Waals surface area contributed by atoms with Crippen LogP contribution in [-0.4, -0.2) is 0 Å². The minimum absolute atomic E-state index is 0.899. The van der Waals surface area contributed by atoms with Gasteiger partial charge in [-0.1, -0.05) is 180 Å². The molecule has 0 bridgehead atoms. The van der Waals surface area contributed by atoms with Gasteiger partial charge in [-0.15, -0.1) is 0 Å². The summed E-state index contributed by atoms with van der Waals surface area (Å²) in [6, 6.07) is 71.9. The fourth-order valence-electron chi connectivity index (χ4n) is 5.68. The highest BCUT2D eigenvalue weighted by molar-refractivity contribution is 5.57. The van der Waals surface area contributed by atoms with Gasteiger partial charge in [0, 0.05) is 66.8 Å². The predicted molar refractivity (Wildman–Crippen MR) is 247 cm³/mol. The molecule has 0 heteroatoms. The molecule has 0 fully saturated rings. The Morgan fingerprint density at radius 1 is 0.133 bits per heavy atom. The molecule has 0 radical (unpaired) electrons. The van der Waals surface area contributed by atoms with Crippen molar-refractivity contribution in [3.8, 4) is 71.0 Å². The van der Waals surface area contributed by atoms with Crippen LogP contribution < -0.4 is 0 Å². The lowest BCUT2D eigenvalue weighted by atomic mass is 10.0. The lowest BCUT2D eigenvalue weighted by Gasteiger charge is -1.98. The molecule has 8 rings (SSSR count). The van der Waals surface area contributed by atoms with Crippen LogP contribution in [0.4, 0.5) is 0 Å². The highest BCUT2D eigenvalue weighted by Gasteiger charge is 1.99. The summed E-state index contributed by atoms with van der Waals surface area (Å²) in [6.45, 7) is 0. The summed E-state index contributed by atoms with van der Waals surface area (Å²) in [6.07, 6.45) is 0. The standard InChI is InChI=1S/2C30H18/c2*1-4-10-25(11-5-1)16-19-28-22-29(20-17-26-12-6-2-7-13-26)24-30(23-28)21-18-27-14-8-3-9-15-27/h2*1-15,22-24H. The number of benzene rings is 8. The molecule has 0 amide bonds. The first-order valence-electron chi connectivity index (χ1n) is 19.4. The molecule has 0 atom stereocenters. The first-order valence-corrected chi connectivity index (χ1v) is 19.4. The predicted octanol–water partition coefficient (Wildman–Crippen LogP) is 11.8. The fraction of sp³-hybridized carbons (Fsp3) is 0. The maximum Gasteiger partial charge on any atom is 0.0273 e. The van der Waals surface area contributed by atoms with Crippen molar-refractivity contribution in [2.24, 2.45) is 0 Å². The van der Waals surface area contributed by atoms with E-state index in [0.29, 0.717) is 0 Å². The Morgan fingerprint density at radius 3 is 0.383 bits per heavy atom. The Morgan fingerprint density at radius 2 is 0.250 bits per heavy atom. The van der Waals surface area contributed by atoms with Gasteiger partial charge in [0.15, 0.2) is 0 Å². The van der Waals surface area contributed by atoms with E-state index in [9.17, 15) is 0 Å². The molecule has 0 saturated heterocycles. The molecular weight excluding hydrogens is 721 g/mol. The molecule has 0 nitrogen and oxygen atoms in total. The second-order valence-electron chi connectivity index (χ2n) is 13.3. The van der Waals surface area contributed by atoms with Crippen molar-refractivity contribution in [3.63, 3.8) is 0 Å². The average molecular weight is 757 g/mol. The zero-order valence-corrected chi connectivity index (χ0v) is 32.8. The van der Waals surface area contributed by atoms with Crippen molar-refractivity contribution in [2.75, 3.05) is 0 Å². The Labute approximate surface area is 354 Å². The van der Waals surface area contributed by atoms with Crippen LogP contribution >= 0.6 is 0 Å². The van der Waals surface area contributed by atoms with E-state index in [1.165, 1.54) is 0 Å². The Bertz CT molecular complexity index is 2480. The van der Waals surface area contributed by atoms with Crippen LogP contribution in [0.2, 0.25) is 0 Å². The van der Waals surface area contributed by atoms with Gasteiger partial charge in [0.1, 0.15) is 0 Å². The van der Waals surface area contributed by atoms with E-state index in [0.717, 1.165) is 66.8 Å². The van der Waals surface area contributed by atoms with Crippen LogP contribution in [0.3, 0.4) is 0 Å². The third-order valence-electron chi connectivity index (χ3n) is 8.62. The van der Waals surface area contributed by atoms with Crippen LogP contribution in [0.25, 0.3) is 0 Å². The fourth-order valence-corrected chi connectivity index (χ4v) is 5.68. The summed E-state index contributed by atoms with van der Waals surface area (Å²) in [5.41, 5.74) is 11.3. The van der Waals surface area contributed by atoms with Gasteiger partial charge >= 0.3 is 0 Å². The van der Waals surface area contributed by atoms with E-state index in [-0.39, 0.29) is 0 Å². The summed E-state index contributed by atoms with van der Waals surface area (Å²) in [4.78, 5) is 0. The SMILES string of the molecule is C(#Cc1cc(C#Cc2ccccc2)cc(C#Cc2ccccc2)c1)c1ccccc1.C(#Cc1cc(C#Cc2ccccc2)cc(C#Cc2ccccc2)c1)c1ccccc1. The second kappa shape index (κ2) is 21.4. The smallest absolute Gasteiger partial charge is 0.0273 e. The van der Waals surface area contributed by atoms with Gasteiger partial charge < -0.3 is 0 Å². The number of rotatable bonds is 0. The maximum absolute atomic E-state index is 3.25. The monoisotopic (exact) mass is 756 g/mol. The summed E-state index contributed by atoms with van der Waals surface area (Å²) in [7, 11) is 0. The molecule has 8 aromatic carbocycles. The van der Waals surface area contributed by atoms with E-state index in [1.807, 2.05) is 218 Å². The van der Waals surface area contributed by atoms with Crippen molar-refractivity contribution in [3.05, 3.63) is 285 Å². The molecule has 0 heterocycles. The molecule has 8 aromatic rings. The van der Waals surface area contributed by atoms with Gasteiger partial charge in [-0.3, -0.25) is 0 Å². The van der Waals surface area contributed by atoms with E-state index >= 15 is 0 Å². The third-order valence-corrected chi connectivity index (χ3v) is 8.62. The Hall–Kier alpha value is -8.88. The summed E-state index contributed by atoms with van der Waals surface area (Å²) in [5, 5.41) is 0. The van der Waals surface area contributed by atoms with Gasteiger partial charge in [0.2, 0.25) is 0 Å². The van der Waals surface area contributed by atoms with Gasteiger partial charge in [-0.2, -0.15) is 0 Å². The van der Waals surface area contributed by atoms with E-state index in [1.54, 1.807) is 0 Å². The van der Waals surface area contributed by atoms with Crippen molar-refractivity contribution in [1.82, 2.24) is 0 Å². The highest BCUT2D eigenvalue weighted by Crippen LogP contribution is 2.12. The van der Waals surface area contributed by atoms with Gasteiger partial charge in [-0.05, 0) is 109 Å². The molecule has 0 spiro atoms. The molecule has 0 aliphatic carbocycles. The highest BCUT2D eigenvalue weighted by atomic mass is 14.0. The quantitative estimate of drug-likeness (QED) is 0.135. The summed E-state index contributed by atoms with van der Waals surface area (Å²) in [5.74, 6) is 38.8. The van der Waals surface area contributed by atoms with Crippen molar-refractivity contribution in [1.29, 1.82) is 0 Å². The molecular formula is C60H36. The lowest BCUT2D eigenvalue weighted by molar-refractivity contribution is 1.55. The number of hydrogen-bond donors (Lipinski definition) is 0. The first kappa shape index (κ1) is 39.4. The van der Waals surface area contributed by atoms with Crippen LogP contribution in [0.1, 0.15) is 66.8 Å². The van der Waals surface area contributed by atoms with E-state index in [4.69, 9.17) is 0 Å². The van der Waals surface area contributed by atoms with Gasteiger partial charge in [0.05, 0.1) is 0 Å². The average Bonchev–Trinajstić information content (AvgIpc) is 3.32. The van der Waals surface area contributed by atoms with Crippen LogP contribution in [-0.2, 0) is 0 Å². The van der Waals surface area contributed by atoms with Gasteiger partial charge in [-0.25, -0.2) is 0 Å². The second-order valence-corrected chi connectivity index (χ2v) is 13.3. The molecule has 0 saturated carbocycles. The molecule has 0 aromatic heterocycles. The molecule has 276 valence electrons. The molecule has 0 N–H and O–H groups in total. The van der Waals surface area contributed by atoms with Crippen molar-refractivity contribution >= 4 is 0 Å². The molecule has 0 aliphatic rings. The maximum atomic E-state index is 3.25. The normalized spacial score (nSPS) is 9.20. The summed E-state index contributed by atoms with van der Waals surface area (Å²) < 4.78 is 0. The topological polar surface area (TPSA) is 0 Å². The van der Waals surface area contributed by atoms with E-state index < -0.39 is 0 Å².